The van der Waals surface area contributed by atoms with E-state index in [1.807, 2.05) is 54.1 Å². The average Bonchev–Trinajstić information content (AvgIpc) is 3.33. The van der Waals surface area contributed by atoms with Gasteiger partial charge in [-0.3, -0.25) is 4.79 Å². The molecule has 2 heterocycles. The number of carbonyl (C=O) groups is 1. The normalized spacial score (nSPS) is 10.9. The lowest BCUT2D eigenvalue weighted by atomic mass is 10.2. The molecule has 0 aliphatic rings. The number of ether oxygens (including phenoxy) is 1. The molecular formula is C21H20N4O3. The number of anilines is 1. The molecule has 1 amide bonds. The molecule has 4 rings (SSSR count). The lowest BCUT2D eigenvalue weighted by molar-refractivity contribution is -0.116. The van der Waals surface area contributed by atoms with Gasteiger partial charge < -0.3 is 19.0 Å². The standard InChI is InChI=1S/C21H20N4O3/c1-3-20-23-24-21(28-20)15-12-25(17-10-6-4-8-14(15)17)13-19(26)22-16-9-5-7-11-18(16)27-2/h4-12H,3,13H2,1-2H3,(H,22,26). The van der Waals surface area contributed by atoms with Crippen LogP contribution in [0.15, 0.2) is 59.1 Å². The number of aromatic nitrogens is 3. The van der Waals surface area contributed by atoms with Crippen molar-refractivity contribution in [3.8, 4) is 17.2 Å². The highest BCUT2D eigenvalue weighted by atomic mass is 16.5. The van der Waals surface area contributed by atoms with E-state index in [1.54, 1.807) is 19.2 Å². The lowest BCUT2D eigenvalue weighted by Crippen LogP contribution is -2.18. The van der Waals surface area contributed by atoms with Gasteiger partial charge in [0, 0.05) is 23.5 Å². The van der Waals surface area contributed by atoms with E-state index in [2.05, 4.69) is 15.5 Å². The number of nitrogens with zero attached hydrogens (tertiary/aromatic N) is 3. The Balaban J connectivity index is 1.64. The van der Waals surface area contributed by atoms with Crippen LogP contribution in [0.2, 0.25) is 0 Å². The van der Waals surface area contributed by atoms with E-state index >= 15 is 0 Å². The van der Waals surface area contributed by atoms with Crippen LogP contribution in [0.25, 0.3) is 22.4 Å². The topological polar surface area (TPSA) is 82.2 Å². The molecule has 0 atom stereocenters. The van der Waals surface area contributed by atoms with Crippen LogP contribution >= 0.6 is 0 Å². The Morgan fingerprint density at radius 3 is 2.71 bits per heavy atom. The number of para-hydroxylation sites is 3. The van der Waals surface area contributed by atoms with Crippen molar-refractivity contribution in [3.63, 3.8) is 0 Å². The number of aryl methyl sites for hydroxylation is 1. The number of methoxy groups -OCH3 is 1. The van der Waals surface area contributed by atoms with Crippen molar-refractivity contribution in [3.05, 3.63) is 60.6 Å². The first-order chi connectivity index (χ1) is 13.7. The fraction of sp³-hybridized carbons (Fsp3) is 0.190. The highest BCUT2D eigenvalue weighted by molar-refractivity contribution is 5.97. The van der Waals surface area contributed by atoms with Crippen molar-refractivity contribution in [1.82, 2.24) is 14.8 Å². The van der Waals surface area contributed by atoms with Crippen molar-refractivity contribution >= 4 is 22.5 Å². The van der Waals surface area contributed by atoms with Gasteiger partial charge in [-0.05, 0) is 18.2 Å². The molecule has 0 saturated carbocycles. The number of amides is 1. The zero-order chi connectivity index (χ0) is 19.5. The first kappa shape index (κ1) is 17.8. The van der Waals surface area contributed by atoms with Crippen LogP contribution in [-0.2, 0) is 17.8 Å². The number of hydrogen-bond donors (Lipinski definition) is 1. The first-order valence-corrected chi connectivity index (χ1v) is 9.03. The summed E-state index contributed by atoms with van der Waals surface area (Å²) in [4.78, 5) is 12.7. The summed E-state index contributed by atoms with van der Waals surface area (Å²) in [6.45, 7) is 2.11. The quantitative estimate of drug-likeness (QED) is 0.552. The van der Waals surface area contributed by atoms with E-state index in [1.165, 1.54) is 0 Å². The van der Waals surface area contributed by atoms with Crippen LogP contribution in [0.1, 0.15) is 12.8 Å². The minimum atomic E-state index is -0.156. The van der Waals surface area contributed by atoms with E-state index < -0.39 is 0 Å². The van der Waals surface area contributed by atoms with Crippen LogP contribution in [0, 0.1) is 0 Å². The molecule has 4 aromatic rings. The Kier molecular flexibility index (Phi) is 4.80. The molecule has 0 saturated heterocycles. The molecule has 0 fully saturated rings. The van der Waals surface area contributed by atoms with Gasteiger partial charge in [-0.1, -0.05) is 37.3 Å². The Morgan fingerprint density at radius 1 is 1.14 bits per heavy atom. The fourth-order valence-electron chi connectivity index (χ4n) is 3.15. The monoisotopic (exact) mass is 376 g/mol. The minimum Gasteiger partial charge on any atom is -0.495 e. The predicted octanol–water partition coefficient (Wildman–Crippen LogP) is 3.90. The van der Waals surface area contributed by atoms with E-state index in [9.17, 15) is 4.79 Å². The van der Waals surface area contributed by atoms with Crippen LogP contribution in [0.4, 0.5) is 5.69 Å². The van der Waals surface area contributed by atoms with Gasteiger partial charge in [-0.2, -0.15) is 0 Å². The zero-order valence-corrected chi connectivity index (χ0v) is 15.7. The molecule has 7 nitrogen and oxygen atoms in total. The minimum absolute atomic E-state index is 0.146. The van der Waals surface area contributed by atoms with E-state index in [-0.39, 0.29) is 12.5 Å². The second-order valence-corrected chi connectivity index (χ2v) is 6.29. The summed E-state index contributed by atoms with van der Waals surface area (Å²) >= 11 is 0. The number of carbonyl (C=O) groups excluding carboxylic acids is 1. The molecule has 7 heteroatoms. The number of hydrogen-bond acceptors (Lipinski definition) is 5. The zero-order valence-electron chi connectivity index (χ0n) is 15.7. The average molecular weight is 376 g/mol. The highest BCUT2D eigenvalue weighted by Gasteiger charge is 2.17. The van der Waals surface area contributed by atoms with Gasteiger partial charge in [0.15, 0.2) is 0 Å². The maximum absolute atomic E-state index is 12.7. The molecule has 1 N–H and O–H groups in total. The smallest absolute Gasteiger partial charge is 0.249 e. The SMILES string of the molecule is CCc1nnc(-c2cn(CC(=O)Nc3ccccc3OC)c3ccccc23)o1. The molecule has 0 aliphatic carbocycles. The number of fused-ring (bicyclic) bond motifs is 1. The van der Waals surface area contributed by atoms with Gasteiger partial charge in [0.1, 0.15) is 12.3 Å². The van der Waals surface area contributed by atoms with Crippen molar-refractivity contribution < 1.29 is 13.9 Å². The maximum atomic E-state index is 12.7. The summed E-state index contributed by atoms with van der Waals surface area (Å²) in [7, 11) is 1.58. The molecule has 0 radical (unpaired) electrons. The molecule has 142 valence electrons. The molecule has 28 heavy (non-hydrogen) atoms. The van der Waals surface area contributed by atoms with E-state index in [0.717, 1.165) is 16.5 Å². The van der Waals surface area contributed by atoms with Gasteiger partial charge in [0.2, 0.25) is 17.7 Å². The third kappa shape index (κ3) is 3.34. The molecule has 0 unspecified atom stereocenters. The van der Waals surface area contributed by atoms with Crippen molar-refractivity contribution in [2.45, 2.75) is 19.9 Å². The van der Waals surface area contributed by atoms with Crippen LogP contribution in [0.5, 0.6) is 5.75 Å². The summed E-state index contributed by atoms with van der Waals surface area (Å²) < 4.78 is 12.9. The Hall–Kier alpha value is -3.61. The van der Waals surface area contributed by atoms with Crippen molar-refractivity contribution in [1.29, 1.82) is 0 Å². The van der Waals surface area contributed by atoms with Crippen LogP contribution < -0.4 is 10.1 Å². The van der Waals surface area contributed by atoms with Gasteiger partial charge in [-0.15, -0.1) is 10.2 Å². The predicted molar refractivity (Wildman–Crippen MR) is 106 cm³/mol. The van der Waals surface area contributed by atoms with Gasteiger partial charge in [0.05, 0.1) is 18.4 Å². The number of benzene rings is 2. The molecule has 2 aromatic heterocycles. The summed E-state index contributed by atoms with van der Waals surface area (Å²) in [6, 6.07) is 15.1. The summed E-state index contributed by atoms with van der Waals surface area (Å²) in [6.07, 6.45) is 2.55. The van der Waals surface area contributed by atoms with Crippen LogP contribution in [0.3, 0.4) is 0 Å². The largest absolute Gasteiger partial charge is 0.495 e. The van der Waals surface area contributed by atoms with Crippen molar-refractivity contribution in [2.75, 3.05) is 12.4 Å². The molecule has 2 aromatic carbocycles. The second kappa shape index (κ2) is 7.56. The van der Waals surface area contributed by atoms with E-state index in [4.69, 9.17) is 9.15 Å². The Bertz CT molecular complexity index is 1130. The van der Waals surface area contributed by atoms with Gasteiger partial charge in [-0.25, -0.2) is 0 Å². The summed E-state index contributed by atoms with van der Waals surface area (Å²) in [5.74, 6) is 1.50. The Labute approximate surface area is 161 Å². The molecule has 0 spiro atoms. The van der Waals surface area contributed by atoms with Gasteiger partial charge in [0.25, 0.3) is 0 Å². The summed E-state index contributed by atoms with van der Waals surface area (Å²) in [5, 5.41) is 12.0. The van der Waals surface area contributed by atoms with Crippen LogP contribution in [-0.4, -0.2) is 27.8 Å². The number of nitrogens with one attached hydrogen (secondary N) is 1. The maximum Gasteiger partial charge on any atom is 0.249 e. The second-order valence-electron chi connectivity index (χ2n) is 6.29. The van der Waals surface area contributed by atoms with Gasteiger partial charge >= 0.3 is 0 Å². The Morgan fingerprint density at radius 2 is 1.93 bits per heavy atom. The molecular weight excluding hydrogens is 356 g/mol. The third-order valence-corrected chi connectivity index (χ3v) is 4.48. The first-order valence-electron chi connectivity index (χ1n) is 9.03. The number of rotatable bonds is 6. The third-order valence-electron chi connectivity index (χ3n) is 4.48. The lowest BCUT2D eigenvalue weighted by Gasteiger charge is -2.10. The molecule has 0 bridgehead atoms. The molecule has 0 aliphatic heterocycles. The van der Waals surface area contributed by atoms with E-state index in [0.29, 0.717) is 29.6 Å². The highest BCUT2D eigenvalue weighted by Crippen LogP contribution is 2.30. The van der Waals surface area contributed by atoms with Crippen molar-refractivity contribution in [2.24, 2.45) is 0 Å². The summed E-state index contributed by atoms with van der Waals surface area (Å²) in [5.41, 5.74) is 2.37. The fourth-order valence-corrected chi connectivity index (χ4v) is 3.15.